The molecule has 2 aliphatic rings. The summed E-state index contributed by atoms with van der Waals surface area (Å²) in [4.78, 5) is 32.7. The largest absolute Gasteiger partial charge is 0.378 e. The molecular weight excluding hydrogens is 336 g/mol. The van der Waals surface area contributed by atoms with Gasteiger partial charge in [0.05, 0.1) is 13.2 Å². The van der Waals surface area contributed by atoms with E-state index >= 15 is 0 Å². The van der Waals surface area contributed by atoms with Gasteiger partial charge in [0.2, 0.25) is 17.1 Å². The number of piperazine rings is 1. The summed E-state index contributed by atoms with van der Waals surface area (Å²) in [7, 11) is 0. The number of carbonyl (C=O) groups is 2. The zero-order valence-corrected chi connectivity index (χ0v) is 14.1. The molecule has 3 rings (SSSR count). The summed E-state index contributed by atoms with van der Waals surface area (Å²) in [5.41, 5.74) is 0. The minimum Gasteiger partial charge on any atom is -0.378 e. The molecule has 0 radical (unpaired) electrons. The summed E-state index contributed by atoms with van der Waals surface area (Å²) in [6.45, 7) is 3.94. The van der Waals surface area contributed by atoms with Gasteiger partial charge in [-0.05, 0) is 11.6 Å². The van der Waals surface area contributed by atoms with Gasteiger partial charge in [-0.25, -0.2) is 4.98 Å². The molecule has 0 unspecified atom stereocenters. The Hall–Kier alpha value is -1.71. The highest BCUT2D eigenvalue weighted by molar-refractivity contribution is 6.28. The van der Waals surface area contributed by atoms with Crippen molar-refractivity contribution >= 4 is 23.4 Å². The number of hydrogen-bond acceptors (Lipinski definition) is 6. The van der Waals surface area contributed by atoms with Gasteiger partial charge in [0.25, 0.3) is 0 Å². The molecular formula is C14H21ClN6O3. The standard InChI is InChI=1S/C14H21ClN6O3/c15-14-17-11(18-19-14)1-2-12(22)21-4-3-16-9-10(21)13(23)20-5-7-24-8-6-20/h10,16H,1-9H2,(H,17,18,19)/t10-/m0/s1. The Morgan fingerprint density at radius 3 is 2.79 bits per heavy atom. The Kier molecular flexibility index (Phi) is 5.64. The number of aromatic amines is 1. The molecule has 2 saturated heterocycles. The van der Waals surface area contributed by atoms with Crippen molar-refractivity contribution in [1.29, 1.82) is 0 Å². The number of carbonyl (C=O) groups excluding carboxylic acids is 2. The summed E-state index contributed by atoms with van der Waals surface area (Å²) in [6.07, 6.45) is 0.680. The molecule has 0 spiro atoms. The van der Waals surface area contributed by atoms with Crippen molar-refractivity contribution < 1.29 is 14.3 Å². The molecule has 1 atom stereocenters. The minimum absolute atomic E-state index is 0.0124. The van der Waals surface area contributed by atoms with E-state index in [9.17, 15) is 9.59 Å². The molecule has 2 fully saturated rings. The van der Waals surface area contributed by atoms with Crippen LogP contribution in [0.25, 0.3) is 0 Å². The average Bonchev–Trinajstić information content (AvgIpc) is 3.05. The number of nitrogens with zero attached hydrogens (tertiary/aromatic N) is 4. The fourth-order valence-corrected chi connectivity index (χ4v) is 3.11. The van der Waals surface area contributed by atoms with Crippen LogP contribution in [0.4, 0.5) is 0 Å². The molecule has 2 amide bonds. The molecule has 0 aromatic carbocycles. The van der Waals surface area contributed by atoms with E-state index in [1.165, 1.54) is 0 Å². The van der Waals surface area contributed by atoms with Crippen LogP contribution in [0.5, 0.6) is 0 Å². The number of hydrogen-bond donors (Lipinski definition) is 2. The van der Waals surface area contributed by atoms with Crippen molar-refractivity contribution in [3.63, 3.8) is 0 Å². The number of ether oxygens (including phenoxy) is 1. The number of aryl methyl sites for hydroxylation is 1. The van der Waals surface area contributed by atoms with E-state index in [2.05, 4.69) is 20.5 Å². The molecule has 1 aromatic heterocycles. The maximum absolute atomic E-state index is 12.7. The number of morpholine rings is 1. The summed E-state index contributed by atoms with van der Waals surface area (Å²) in [5.74, 6) is 0.497. The predicted octanol–water partition coefficient (Wildman–Crippen LogP) is -0.950. The molecule has 24 heavy (non-hydrogen) atoms. The third-order valence-corrected chi connectivity index (χ3v) is 4.42. The Morgan fingerprint density at radius 2 is 2.08 bits per heavy atom. The van der Waals surface area contributed by atoms with Crippen molar-refractivity contribution in [2.75, 3.05) is 45.9 Å². The first-order chi connectivity index (χ1) is 11.6. The molecule has 132 valence electrons. The third-order valence-electron chi connectivity index (χ3n) is 4.25. The van der Waals surface area contributed by atoms with E-state index in [1.54, 1.807) is 9.80 Å². The van der Waals surface area contributed by atoms with Crippen molar-refractivity contribution in [2.45, 2.75) is 18.9 Å². The first-order valence-corrected chi connectivity index (χ1v) is 8.46. The molecule has 0 bridgehead atoms. The molecule has 1 aromatic rings. The van der Waals surface area contributed by atoms with Crippen LogP contribution in [0.3, 0.4) is 0 Å². The van der Waals surface area contributed by atoms with E-state index in [-0.39, 0.29) is 23.5 Å². The Balaban J connectivity index is 1.60. The number of nitrogens with one attached hydrogen (secondary N) is 2. The van der Waals surface area contributed by atoms with Crippen LogP contribution >= 0.6 is 11.6 Å². The van der Waals surface area contributed by atoms with Crippen LogP contribution in [0, 0.1) is 0 Å². The lowest BCUT2D eigenvalue weighted by Crippen LogP contribution is -2.61. The van der Waals surface area contributed by atoms with Crippen molar-refractivity contribution in [1.82, 2.24) is 30.3 Å². The topological polar surface area (TPSA) is 103 Å². The second-order valence-corrected chi connectivity index (χ2v) is 6.13. The molecule has 0 saturated carbocycles. The van der Waals surface area contributed by atoms with Crippen LogP contribution < -0.4 is 5.32 Å². The summed E-state index contributed by atoms with van der Waals surface area (Å²) >= 11 is 5.66. The molecule has 3 heterocycles. The zero-order chi connectivity index (χ0) is 16.9. The molecule has 2 N–H and O–H groups in total. The third kappa shape index (κ3) is 4.03. The van der Waals surface area contributed by atoms with Gasteiger partial charge in [0, 0.05) is 45.6 Å². The van der Waals surface area contributed by atoms with Crippen molar-refractivity contribution in [3.8, 4) is 0 Å². The first kappa shape index (κ1) is 17.1. The van der Waals surface area contributed by atoms with Crippen LogP contribution in [0.2, 0.25) is 5.28 Å². The fourth-order valence-electron chi connectivity index (χ4n) is 2.97. The number of rotatable bonds is 4. The lowest BCUT2D eigenvalue weighted by atomic mass is 10.1. The van der Waals surface area contributed by atoms with Crippen LogP contribution in [0.1, 0.15) is 12.2 Å². The second-order valence-electron chi connectivity index (χ2n) is 5.80. The lowest BCUT2D eigenvalue weighted by Gasteiger charge is -2.39. The van der Waals surface area contributed by atoms with E-state index < -0.39 is 6.04 Å². The normalized spacial score (nSPS) is 21.8. The number of halogens is 1. The van der Waals surface area contributed by atoms with Crippen LogP contribution in [-0.2, 0) is 20.7 Å². The van der Waals surface area contributed by atoms with Gasteiger partial charge >= 0.3 is 0 Å². The molecule has 10 heteroatoms. The average molecular weight is 357 g/mol. The van der Waals surface area contributed by atoms with Gasteiger partial charge in [-0.3, -0.25) is 14.7 Å². The van der Waals surface area contributed by atoms with Gasteiger partial charge in [-0.1, -0.05) is 0 Å². The summed E-state index contributed by atoms with van der Waals surface area (Å²) < 4.78 is 5.28. The summed E-state index contributed by atoms with van der Waals surface area (Å²) in [5, 5.41) is 9.75. The van der Waals surface area contributed by atoms with Crippen LogP contribution in [0.15, 0.2) is 0 Å². The van der Waals surface area contributed by atoms with Crippen LogP contribution in [-0.4, -0.2) is 88.8 Å². The lowest BCUT2D eigenvalue weighted by molar-refractivity contribution is -0.149. The van der Waals surface area contributed by atoms with E-state index in [0.29, 0.717) is 58.2 Å². The predicted molar refractivity (Wildman–Crippen MR) is 85.5 cm³/mol. The van der Waals surface area contributed by atoms with Gasteiger partial charge in [-0.2, -0.15) is 0 Å². The second kappa shape index (κ2) is 7.91. The summed E-state index contributed by atoms with van der Waals surface area (Å²) in [6, 6.07) is -0.456. The van der Waals surface area contributed by atoms with E-state index in [0.717, 1.165) is 0 Å². The van der Waals surface area contributed by atoms with Crippen molar-refractivity contribution in [3.05, 3.63) is 11.1 Å². The van der Waals surface area contributed by atoms with E-state index in [1.807, 2.05) is 0 Å². The maximum atomic E-state index is 12.7. The van der Waals surface area contributed by atoms with Gasteiger partial charge < -0.3 is 19.9 Å². The number of amides is 2. The zero-order valence-electron chi connectivity index (χ0n) is 13.3. The quantitative estimate of drug-likeness (QED) is 0.721. The van der Waals surface area contributed by atoms with Gasteiger partial charge in [0.1, 0.15) is 11.9 Å². The van der Waals surface area contributed by atoms with Gasteiger partial charge in [-0.15, -0.1) is 5.10 Å². The number of H-pyrrole nitrogens is 1. The Bertz CT molecular complexity index is 589. The number of aromatic nitrogens is 3. The highest BCUT2D eigenvalue weighted by Gasteiger charge is 2.35. The molecule has 2 aliphatic heterocycles. The molecule has 9 nitrogen and oxygen atoms in total. The SMILES string of the molecule is O=C([C@@H]1CNCCN1C(=O)CCc1nc(Cl)n[nH]1)N1CCOCC1. The van der Waals surface area contributed by atoms with Gasteiger partial charge in [0.15, 0.2) is 0 Å². The van der Waals surface area contributed by atoms with Crippen molar-refractivity contribution in [2.24, 2.45) is 0 Å². The highest BCUT2D eigenvalue weighted by Crippen LogP contribution is 2.12. The van der Waals surface area contributed by atoms with E-state index in [4.69, 9.17) is 16.3 Å². The monoisotopic (exact) mass is 356 g/mol. The Labute approximate surface area is 144 Å². The highest BCUT2D eigenvalue weighted by atomic mass is 35.5. The first-order valence-electron chi connectivity index (χ1n) is 8.08. The smallest absolute Gasteiger partial charge is 0.246 e. The fraction of sp³-hybridized carbons (Fsp3) is 0.714. The Morgan fingerprint density at radius 1 is 1.29 bits per heavy atom. The maximum Gasteiger partial charge on any atom is 0.246 e. The molecule has 0 aliphatic carbocycles. The minimum atomic E-state index is -0.456.